The van der Waals surface area contributed by atoms with Crippen molar-refractivity contribution in [1.29, 1.82) is 0 Å². The van der Waals surface area contributed by atoms with Crippen molar-refractivity contribution in [3.05, 3.63) is 54.1 Å². The zero-order chi connectivity index (χ0) is 15.0. The first-order chi connectivity index (χ1) is 9.93. The van der Waals surface area contributed by atoms with Gasteiger partial charge in [-0.1, -0.05) is 30.0 Å². The maximum atomic E-state index is 12.6. The molecule has 0 aliphatic rings. The van der Waals surface area contributed by atoms with E-state index in [2.05, 4.69) is 4.98 Å². The van der Waals surface area contributed by atoms with Gasteiger partial charge in [0.05, 0.1) is 10.6 Å². The Bertz CT molecular complexity index is 760. The first kappa shape index (κ1) is 13.9. The number of anilines is 1. The van der Waals surface area contributed by atoms with Crippen LogP contribution in [0.25, 0.3) is 10.9 Å². The molecule has 2 nitrogen and oxygen atoms in total. The van der Waals surface area contributed by atoms with E-state index in [0.717, 1.165) is 28.1 Å². The van der Waals surface area contributed by atoms with E-state index in [-0.39, 0.29) is 5.69 Å². The van der Waals surface area contributed by atoms with Crippen LogP contribution in [0, 0.1) is 0 Å². The molecule has 1 aromatic heterocycles. The van der Waals surface area contributed by atoms with Crippen molar-refractivity contribution in [2.75, 3.05) is 5.73 Å². The Morgan fingerprint density at radius 2 is 1.76 bits per heavy atom. The van der Waals surface area contributed by atoms with Crippen LogP contribution in [0.5, 0.6) is 0 Å². The molecule has 6 heteroatoms. The van der Waals surface area contributed by atoms with Gasteiger partial charge in [0.25, 0.3) is 0 Å². The van der Waals surface area contributed by atoms with Crippen LogP contribution < -0.4 is 5.73 Å². The van der Waals surface area contributed by atoms with Gasteiger partial charge in [-0.25, -0.2) is 0 Å². The van der Waals surface area contributed by atoms with E-state index in [9.17, 15) is 13.2 Å². The van der Waals surface area contributed by atoms with E-state index in [0.29, 0.717) is 4.90 Å². The van der Waals surface area contributed by atoms with Crippen molar-refractivity contribution in [3.8, 4) is 0 Å². The lowest BCUT2D eigenvalue weighted by Gasteiger charge is -2.09. The molecule has 0 unspecified atom stereocenters. The Labute approximate surface area is 123 Å². The summed E-state index contributed by atoms with van der Waals surface area (Å²) < 4.78 is 37.8. The van der Waals surface area contributed by atoms with Crippen LogP contribution >= 0.6 is 11.8 Å². The van der Waals surface area contributed by atoms with Gasteiger partial charge in [-0.15, -0.1) is 0 Å². The number of hydrogen-bond acceptors (Lipinski definition) is 2. The highest BCUT2D eigenvalue weighted by Crippen LogP contribution is 2.37. The monoisotopic (exact) mass is 308 g/mol. The molecule has 108 valence electrons. The minimum Gasteiger partial charge on any atom is -0.398 e. The number of benzene rings is 2. The molecule has 1 heterocycles. The third-order valence-corrected chi connectivity index (χ3v) is 4.09. The van der Waals surface area contributed by atoms with Crippen molar-refractivity contribution >= 4 is 28.4 Å². The molecule has 0 saturated carbocycles. The predicted octanol–water partition coefficient (Wildman–Crippen LogP) is 4.92. The standard InChI is InChI=1S/C15H11F3N2S/c16-15(17,18)10-5-6-13(11(19)8-10)21-14-7-9-3-1-2-4-12(9)20-14/h1-8,20H,19H2. The van der Waals surface area contributed by atoms with Crippen LogP contribution in [-0.2, 0) is 6.18 Å². The minimum atomic E-state index is -4.38. The lowest BCUT2D eigenvalue weighted by atomic mass is 10.2. The normalized spacial score (nSPS) is 12.0. The van der Waals surface area contributed by atoms with Crippen LogP contribution in [0.15, 0.2) is 58.5 Å². The summed E-state index contributed by atoms with van der Waals surface area (Å²) >= 11 is 1.31. The Kier molecular flexibility index (Phi) is 3.33. The summed E-state index contributed by atoms with van der Waals surface area (Å²) in [5.74, 6) is 0. The second-order valence-corrected chi connectivity index (χ2v) is 5.66. The van der Waals surface area contributed by atoms with Gasteiger partial charge in [0, 0.05) is 21.5 Å². The smallest absolute Gasteiger partial charge is 0.398 e. The van der Waals surface area contributed by atoms with E-state index in [4.69, 9.17) is 5.73 Å². The fourth-order valence-corrected chi connectivity index (χ4v) is 2.93. The summed E-state index contributed by atoms with van der Waals surface area (Å²) in [5.41, 5.74) is 6.09. The molecule has 3 rings (SSSR count). The summed E-state index contributed by atoms with van der Waals surface area (Å²) in [7, 11) is 0. The minimum absolute atomic E-state index is 0.119. The molecule has 2 aromatic carbocycles. The van der Waals surface area contributed by atoms with Gasteiger partial charge < -0.3 is 10.7 Å². The van der Waals surface area contributed by atoms with Crippen LogP contribution in [0.4, 0.5) is 18.9 Å². The van der Waals surface area contributed by atoms with Crippen LogP contribution in [0.1, 0.15) is 5.56 Å². The number of hydrogen-bond donors (Lipinski definition) is 2. The van der Waals surface area contributed by atoms with Crippen molar-refractivity contribution in [2.45, 2.75) is 16.1 Å². The fraction of sp³-hybridized carbons (Fsp3) is 0.0667. The molecule has 0 radical (unpaired) electrons. The maximum Gasteiger partial charge on any atom is 0.416 e. The summed E-state index contributed by atoms with van der Waals surface area (Å²) in [6, 6.07) is 13.1. The number of nitrogens with one attached hydrogen (secondary N) is 1. The molecular formula is C15H11F3N2S. The fourth-order valence-electron chi connectivity index (χ4n) is 2.04. The zero-order valence-electron chi connectivity index (χ0n) is 10.7. The maximum absolute atomic E-state index is 12.6. The van der Waals surface area contributed by atoms with Crippen molar-refractivity contribution in [1.82, 2.24) is 4.98 Å². The number of para-hydroxylation sites is 1. The summed E-state index contributed by atoms with van der Waals surface area (Å²) in [4.78, 5) is 3.79. The number of fused-ring (bicyclic) bond motifs is 1. The molecule has 3 N–H and O–H groups in total. The summed E-state index contributed by atoms with van der Waals surface area (Å²) in [6.45, 7) is 0. The molecule has 0 aliphatic carbocycles. The molecule has 0 atom stereocenters. The molecule has 0 saturated heterocycles. The van der Waals surface area contributed by atoms with Gasteiger partial charge in [0.2, 0.25) is 0 Å². The first-order valence-corrected chi connectivity index (χ1v) is 6.97. The van der Waals surface area contributed by atoms with E-state index in [1.165, 1.54) is 17.8 Å². The van der Waals surface area contributed by atoms with Crippen molar-refractivity contribution in [3.63, 3.8) is 0 Å². The van der Waals surface area contributed by atoms with Gasteiger partial charge >= 0.3 is 6.18 Å². The van der Waals surface area contributed by atoms with Crippen LogP contribution in [-0.4, -0.2) is 4.98 Å². The first-order valence-electron chi connectivity index (χ1n) is 6.16. The molecule has 0 amide bonds. The Morgan fingerprint density at radius 3 is 2.43 bits per heavy atom. The van der Waals surface area contributed by atoms with Gasteiger partial charge in [-0.2, -0.15) is 13.2 Å². The van der Waals surface area contributed by atoms with Gasteiger partial charge in [-0.05, 0) is 30.3 Å². The van der Waals surface area contributed by atoms with Gasteiger partial charge in [0.1, 0.15) is 0 Å². The van der Waals surface area contributed by atoms with E-state index < -0.39 is 11.7 Å². The molecular weight excluding hydrogens is 297 g/mol. The van der Waals surface area contributed by atoms with Crippen molar-refractivity contribution < 1.29 is 13.2 Å². The Balaban J connectivity index is 1.91. The molecule has 0 bridgehead atoms. The number of halogens is 3. The van der Waals surface area contributed by atoms with E-state index in [1.807, 2.05) is 30.3 Å². The summed E-state index contributed by atoms with van der Waals surface area (Å²) in [6.07, 6.45) is -4.38. The second kappa shape index (κ2) is 5.04. The number of rotatable bonds is 2. The number of H-pyrrole nitrogens is 1. The number of alkyl halides is 3. The highest BCUT2D eigenvalue weighted by atomic mass is 32.2. The highest BCUT2D eigenvalue weighted by Gasteiger charge is 2.30. The number of nitrogens with two attached hydrogens (primary N) is 1. The highest BCUT2D eigenvalue weighted by molar-refractivity contribution is 7.99. The number of aromatic nitrogens is 1. The molecule has 3 aromatic rings. The molecule has 0 fully saturated rings. The van der Waals surface area contributed by atoms with Gasteiger partial charge in [0.15, 0.2) is 0 Å². The molecule has 21 heavy (non-hydrogen) atoms. The zero-order valence-corrected chi connectivity index (χ0v) is 11.6. The van der Waals surface area contributed by atoms with Crippen molar-refractivity contribution in [2.24, 2.45) is 0 Å². The quantitative estimate of drug-likeness (QED) is 0.660. The predicted molar refractivity (Wildman–Crippen MR) is 78.3 cm³/mol. The topological polar surface area (TPSA) is 41.8 Å². The number of nitrogen functional groups attached to an aromatic ring is 1. The third kappa shape index (κ3) is 2.85. The lowest BCUT2D eigenvalue weighted by molar-refractivity contribution is -0.137. The Morgan fingerprint density at radius 1 is 1.00 bits per heavy atom. The van der Waals surface area contributed by atoms with E-state index >= 15 is 0 Å². The van der Waals surface area contributed by atoms with Crippen LogP contribution in [0.3, 0.4) is 0 Å². The average molecular weight is 308 g/mol. The number of aromatic amines is 1. The van der Waals surface area contributed by atoms with Crippen LogP contribution in [0.2, 0.25) is 0 Å². The molecule has 0 aliphatic heterocycles. The average Bonchev–Trinajstić information content (AvgIpc) is 2.82. The second-order valence-electron chi connectivity index (χ2n) is 4.57. The lowest BCUT2D eigenvalue weighted by Crippen LogP contribution is -2.05. The molecule has 0 spiro atoms. The van der Waals surface area contributed by atoms with E-state index in [1.54, 1.807) is 0 Å². The van der Waals surface area contributed by atoms with Gasteiger partial charge in [-0.3, -0.25) is 0 Å². The Hall–Kier alpha value is -2.08. The SMILES string of the molecule is Nc1cc(C(F)(F)F)ccc1Sc1cc2ccccc2[nH]1. The largest absolute Gasteiger partial charge is 0.416 e. The third-order valence-electron chi connectivity index (χ3n) is 3.06. The summed E-state index contributed by atoms with van der Waals surface area (Å²) in [5, 5.41) is 1.88.